The Balaban J connectivity index is 2.17. The fraction of sp³-hybridized carbons (Fsp3) is 0.188. The highest BCUT2D eigenvalue weighted by atomic mass is 35.5. The summed E-state index contributed by atoms with van der Waals surface area (Å²) in [5, 5.41) is 13.6. The number of hydrogen-bond donors (Lipinski definition) is 2. The van der Waals surface area contributed by atoms with E-state index in [1.165, 1.54) is 30.0 Å². The van der Waals surface area contributed by atoms with Crippen LogP contribution in [0.5, 0.6) is 11.5 Å². The van der Waals surface area contributed by atoms with E-state index < -0.39 is 11.5 Å². The van der Waals surface area contributed by atoms with Crippen LogP contribution in [0.25, 0.3) is 0 Å². The van der Waals surface area contributed by atoms with Crippen LogP contribution in [-0.4, -0.2) is 28.9 Å². The van der Waals surface area contributed by atoms with E-state index in [-0.39, 0.29) is 22.1 Å². The number of amides is 1. The molecule has 126 valence electrons. The van der Waals surface area contributed by atoms with Crippen molar-refractivity contribution < 1.29 is 14.6 Å². The summed E-state index contributed by atoms with van der Waals surface area (Å²) in [6.07, 6.45) is 2.86. The number of pyridine rings is 1. The Kier molecular flexibility index (Phi) is 5.59. The number of benzene rings is 1. The first-order chi connectivity index (χ1) is 11.5. The van der Waals surface area contributed by atoms with Crippen molar-refractivity contribution in [2.75, 3.05) is 7.11 Å². The molecule has 24 heavy (non-hydrogen) atoms. The van der Waals surface area contributed by atoms with E-state index in [9.17, 15) is 14.7 Å². The van der Waals surface area contributed by atoms with Crippen LogP contribution in [0.4, 0.5) is 0 Å². The van der Waals surface area contributed by atoms with Gasteiger partial charge in [0.2, 0.25) is 0 Å². The summed E-state index contributed by atoms with van der Waals surface area (Å²) in [7, 11) is 1.41. The van der Waals surface area contributed by atoms with Gasteiger partial charge in [0.25, 0.3) is 11.5 Å². The molecule has 1 amide bonds. The highest BCUT2D eigenvalue weighted by Crippen LogP contribution is 2.35. The van der Waals surface area contributed by atoms with Gasteiger partial charge < -0.3 is 14.4 Å². The lowest BCUT2D eigenvalue weighted by molar-refractivity contribution is 0.0953. The van der Waals surface area contributed by atoms with Gasteiger partial charge in [-0.25, -0.2) is 5.43 Å². The summed E-state index contributed by atoms with van der Waals surface area (Å²) in [5.41, 5.74) is 2.23. The van der Waals surface area contributed by atoms with E-state index in [0.717, 1.165) is 0 Å². The molecule has 0 aliphatic heterocycles. The SMILES string of the molecule is CCn1cccc(C(=O)N/N=C\c2ccc(OC)c(O)c2Cl)c1=O. The van der Waals surface area contributed by atoms with Crippen molar-refractivity contribution in [2.24, 2.45) is 5.10 Å². The van der Waals surface area contributed by atoms with Gasteiger partial charge in [-0.2, -0.15) is 5.10 Å². The molecule has 0 spiro atoms. The van der Waals surface area contributed by atoms with Gasteiger partial charge in [0, 0.05) is 18.3 Å². The van der Waals surface area contributed by atoms with Crippen LogP contribution in [0.15, 0.2) is 40.4 Å². The van der Waals surface area contributed by atoms with Crippen LogP contribution >= 0.6 is 11.6 Å². The summed E-state index contributed by atoms with van der Waals surface area (Å²) in [6.45, 7) is 2.27. The minimum Gasteiger partial charge on any atom is -0.503 e. The molecule has 0 saturated carbocycles. The maximum atomic E-state index is 12.0. The molecular weight excluding hydrogens is 334 g/mol. The Hall–Kier alpha value is -2.80. The predicted molar refractivity (Wildman–Crippen MR) is 91.1 cm³/mol. The van der Waals surface area contributed by atoms with E-state index in [0.29, 0.717) is 12.1 Å². The zero-order valence-corrected chi connectivity index (χ0v) is 13.9. The van der Waals surface area contributed by atoms with Crippen molar-refractivity contribution in [2.45, 2.75) is 13.5 Å². The molecule has 2 aromatic rings. The lowest BCUT2D eigenvalue weighted by Crippen LogP contribution is -2.30. The largest absolute Gasteiger partial charge is 0.503 e. The molecule has 1 aromatic carbocycles. The van der Waals surface area contributed by atoms with Crippen LogP contribution in [0.3, 0.4) is 0 Å². The fourth-order valence-corrected chi connectivity index (χ4v) is 2.21. The average molecular weight is 350 g/mol. The molecule has 8 heteroatoms. The number of aryl methyl sites for hydroxylation is 1. The summed E-state index contributed by atoms with van der Waals surface area (Å²) in [6, 6.07) is 6.12. The maximum Gasteiger partial charge on any atom is 0.276 e. The number of carbonyl (C=O) groups is 1. The van der Waals surface area contributed by atoms with Crippen molar-refractivity contribution in [1.82, 2.24) is 9.99 Å². The van der Waals surface area contributed by atoms with Crippen LogP contribution in [0, 0.1) is 0 Å². The first-order valence-electron chi connectivity index (χ1n) is 7.07. The molecule has 2 rings (SSSR count). The van der Waals surface area contributed by atoms with Crippen LogP contribution in [0.1, 0.15) is 22.8 Å². The normalized spacial score (nSPS) is 10.8. The topological polar surface area (TPSA) is 92.9 Å². The van der Waals surface area contributed by atoms with Gasteiger partial charge in [-0.05, 0) is 31.2 Å². The van der Waals surface area contributed by atoms with E-state index in [1.807, 2.05) is 0 Å². The number of rotatable bonds is 5. The molecule has 0 fully saturated rings. The summed E-state index contributed by atoms with van der Waals surface area (Å²) < 4.78 is 6.34. The molecule has 0 saturated heterocycles. The molecule has 0 bridgehead atoms. The van der Waals surface area contributed by atoms with E-state index >= 15 is 0 Å². The van der Waals surface area contributed by atoms with E-state index in [1.54, 1.807) is 25.3 Å². The van der Waals surface area contributed by atoms with Gasteiger partial charge in [0.05, 0.1) is 18.3 Å². The van der Waals surface area contributed by atoms with Gasteiger partial charge in [0.1, 0.15) is 5.56 Å². The predicted octanol–water partition coefficient (Wildman–Crippen LogP) is 2.00. The zero-order chi connectivity index (χ0) is 17.7. The van der Waals surface area contributed by atoms with E-state index in [4.69, 9.17) is 16.3 Å². The van der Waals surface area contributed by atoms with Gasteiger partial charge in [0.15, 0.2) is 11.5 Å². The van der Waals surface area contributed by atoms with Gasteiger partial charge >= 0.3 is 0 Å². The molecule has 2 N–H and O–H groups in total. The van der Waals surface area contributed by atoms with E-state index in [2.05, 4.69) is 10.5 Å². The number of nitrogens with zero attached hydrogens (tertiary/aromatic N) is 2. The highest BCUT2D eigenvalue weighted by Gasteiger charge is 2.12. The summed E-state index contributed by atoms with van der Waals surface area (Å²) in [5.74, 6) is -0.623. The maximum absolute atomic E-state index is 12.0. The zero-order valence-electron chi connectivity index (χ0n) is 13.1. The quantitative estimate of drug-likeness (QED) is 0.637. The minimum absolute atomic E-state index is 0.0137. The number of phenols is 1. The first-order valence-corrected chi connectivity index (χ1v) is 7.45. The second-order valence-corrected chi connectivity index (χ2v) is 5.11. The molecule has 1 heterocycles. The second kappa shape index (κ2) is 7.65. The molecule has 0 unspecified atom stereocenters. The highest BCUT2D eigenvalue weighted by molar-refractivity contribution is 6.34. The number of hydrazone groups is 1. The fourth-order valence-electron chi connectivity index (χ4n) is 2.01. The standard InChI is InChI=1S/C16H16ClN3O4/c1-3-20-8-4-5-11(16(20)23)15(22)19-18-9-10-6-7-12(24-2)14(21)13(10)17/h4-9,21H,3H2,1-2H3,(H,19,22)/b18-9-. The number of nitrogens with one attached hydrogen (secondary N) is 1. The van der Waals surface area contributed by atoms with Crippen molar-refractivity contribution in [3.63, 3.8) is 0 Å². The first kappa shape index (κ1) is 17.6. The van der Waals surface area contributed by atoms with Crippen LogP contribution in [-0.2, 0) is 6.54 Å². The Labute approximate surface area is 143 Å². The third kappa shape index (κ3) is 3.57. The van der Waals surface area contributed by atoms with Crippen molar-refractivity contribution in [3.8, 4) is 11.5 Å². The number of aromatic nitrogens is 1. The van der Waals surface area contributed by atoms with Gasteiger partial charge in [-0.3, -0.25) is 9.59 Å². The Bertz CT molecular complexity index is 846. The van der Waals surface area contributed by atoms with Crippen molar-refractivity contribution in [3.05, 3.63) is 57.0 Å². The third-order valence-electron chi connectivity index (χ3n) is 3.30. The smallest absolute Gasteiger partial charge is 0.276 e. The van der Waals surface area contributed by atoms with Gasteiger partial charge in [-0.1, -0.05) is 11.6 Å². The molecule has 1 aromatic heterocycles. The average Bonchev–Trinajstić information content (AvgIpc) is 2.59. The molecular formula is C16H16ClN3O4. The number of carbonyl (C=O) groups excluding carboxylic acids is 1. The lowest BCUT2D eigenvalue weighted by atomic mass is 10.2. The Morgan fingerprint density at radius 2 is 2.21 bits per heavy atom. The number of phenolic OH excluding ortho intramolecular Hbond substituents is 1. The number of halogens is 1. The number of ether oxygens (including phenoxy) is 1. The Morgan fingerprint density at radius 3 is 2.88 bits per heavy atom. The molecule has 0 aliphatic rings. The summed E-state index contributed by atoms with van der Waals surface area (Å²) in [4.78, 5) is 24.1. The van der Waals surface area contributed by atoms with Crippen LogP contribution < -0.4 is 15.7 Å². The summed E-state index contributed by atoms with van der Waals surface area (Å²) >= 11 is 5.99. The lowest BCUT2D eigenvalue weighted by Gasteiger charge is -2.07. The van der Waals surface area contributed by atoms with Crippen molar-refractivity contribution in [1.29, 1.82) is 0 Å². The number of hydrogen-bond acceptors (Lipinski definition) is 5. The Morgan fingerprint density at radius 1 is 1.46 bits per heavy atom. The van der Waals surface area contributed by atoms with Gasteiger partial charge in [-0.15, -0.1) is 0 Å². The van der Waals surface area contributed by atoms with Crippen molar-refractivity contribution >= 4 is 23.7 Å². The van der Waals surface area contributed by atoms with Crippen LogP contribution in [0.2, 0.25) is 5.02 Å². The molecule has 0 atom stereocenters. The molecule has 0 aliphatic carbocycles. The number of aromatic hydroxyl groups is 1. The monoisotopic (exact) mass is 349 g/mol. The molecule has 0 radical (unpaired) electrons. The second-order valence-electron chi connectivity index (χ2n) is 4.73. The minimum atomic E-state index is -0.632. The third-order valence-corrected chi connectivity index (χ3v) is 3.70. The number of methoxy groups -OCH3 is 1. The molecule has 7 nitrogen and oxygen atoms in total.